The van der Waals surface area contributed by atoms with E-state index in [0.29, 0.717) is 27.6 Å². The predicted octanol–water partition coefficient (Wildman–Crippen LogP) is 4.61. The number of ether oxygens (including phenoxy) is 1. The summed E-state index contributed by atoms with van der Waals surface area (Å²) in [4.78, 5) is 35.9. The van der Waals surface area contributed by atoms with Crippen molar-refractivity contribution >= 4 is 52.9 Å². The van der Waals surface area contributed by atoms with E-state index in [4.69, 9.17) is 27.9 Å². The number of carbonyl (C=O) groups is 3. The number of nitrogens with zero attached hydrogens (tertiary/aromatic N) is 1. The Kier molecular flexibility index (Phi) is 7.59. The van der Waals surface area contributed by atoms with Gasteiger partial charge in [0.05, 0.1) is 21.8 Å². The van der Waals surface area contributed by atoms with Crippen molar-refractivity contribution in [2.24, 2.45) is 5.10 Å². The zero-order valence-corrected chi connectivity index (χ0v) is 18.3. The summed E-state index contributed by atoms with van der Waals surface area (Å²) in [7, 11) is 0. The lowest BCUT2D eigenvalue weighted by molar-refractivity contribution is -0.136. The van der Waals surface area contributed by atoms with Gasteiger partial charge in [-0.15, -0.1) is 0 Å². The summed E-state index contributed by atoms with van der Waals surface area (Å²) in [6.07, 6.45) is 1.34. The molecule has 2 N–H and O–H groups in total. The van der Waals surface area contributed by atoms with Crippen LogP contribution in [0.4, 0.5) is 5.69 Å². The van der Waals surface area contributed by atoms with E-state index in [9.17, 15) is 14.4 Å². The van der Waals surface area contributed by atoms with Crippen LogP contribution in [-0.4, -0.2) is 24.0 Å². The van der Waals surface area contributed by atoms with Crippen molar-refractivity contribution in [3.8, 4) is 5.75 Å². The van der Waals surface area contributed by atoms with Crippen molar-refractivity contribution in [2.45, 2.75) is 6.92 Å². The first-order valence-electron chi connectivity index (χ1n) is 9.30. The van der Waals surface area contributed by atoms with Gasteiger partial charge in [-0.25, -0.2) is 10.2 Å². The van der Waals surface area contributed by atoms with Gasteiger partial charge in [0.2, 0.25) is 0 Å². The van der Waals surface area contributed by atoms with Crippen LogP contribution in [-0.2, 0) is 9.59 Å². The summed E-state index contributed by atoms with van der Waals surface area (Å²) < 4.78 is 5.32. The number of rotatable bonds is 5. The van der Waals surface area contributed by atoms with Crippen molar-refractivity contribution in [2.75, 3.05) is 5.32 Å². The molecular weight excluding hydrogens is 453 g/mol. The number of nitrogens with one attached hydrogen (secondary N) is 2. The summed E-state index contributed by atoms with van der Waals surface area (Å²) in [5.74, 6) is -1.99. The van der Waals surface area contributed by atoms with E-state index in [1.165, 1.54) is 24.4 Å². The Morgan fingerprint density at radius 1 is 0.875 bits per heavy atom. The first-order chi connectivity index (χ1) is 15.3. The lowest BCUT2D eigenvalue weighted by atomic mass is 10.1. The Balaban J connectivity index is 1.51. The van der Waals surface area contributed by atoms with Crippen LogP contribution in [0, 0.1) is 6.92 Å². The van der Waals surface area contributed by atoms with Gasteiger partial charge in [-0.1, -0.05) is 40.9 Å². The largest absolute Gasteiger partial charge is 0.423 e. The molecule has 3 rings (SSSR count). The number of hydrogen-bond donors (Lipinski definition) is 2. The molecule has 0 aromatic heterocycles. The van der Waals surface area contributed by atoms with Gasteiger partial charge in [0.15, 0.2) is 0 Å². The Bertz CT molecular complexity index is 1180. The van der Waals surface area contributed by atoms with Crippen molar-refractivity contribution in [1.29, 1.82) is 0 Å². The number of aryl methyl sites for hydroxylation is 1. The van der Waals surface area contributed by atoms with Gasteiger partial charge >= 0.3 is 17.8 Å². The quantitative estimate of drug-likeness (QED) is 0.187. The van der Waals surface area contributed by atoms with Crippen LogP contribution >= 0.6 is 23.2 Å². The second-order valence-electron chi connectivity index (χ2n) is 6.61. The first kappa shape index (κ1) is 23.0. The summed E-state index contributed by atoms with van der Waals surface area (Å²) in [5, 5.41) is 6.70. The minimum atomic E-state index is -0.962. The van der Waals surface area contributed by atoms with Gasteiger partial charge in [0.1, 0.15) is 5.75 Å². The predicted molar refractivity (Wildman–Crippen MR) is 123 cm³/mol. The standard InChI is InChI=1S/C23H17Cl2N3O4/c1-14-2-6-16(7-3-14)23(31)32-18-9-4-15(5-10-18)13-26-28-22(30)21(29)27-17-8-11-19(24)20(25)12-17/h2-13H,1H3,(H,27,29)(H,28,30). The number of esters is 1. The van der Waals surface area contributed by atoms with Gasteiger partial charge in [0, 0.05) is 5.69 Å². The van der Waals surface area contributed by atoms with Gasteiger partial charge < -0.3 is 10.1 Å². The minimum Gasteiger partial charge on any atom is -0.423 e. The normalized spacial score (nSPS) is 10.6. The molecule has 0 bridgehead atoms. The zero-order valence-electron chi connectivity index (χ0n) is 16.8. The molecule has 0 fully saturated rings. The summed E-state index contributed by atoms with van der Waals surface area (Å²) in [6.45, 7) is 1.93. The molecule has 0 saturated carbocycles. The van der Waals surface area contributed by atoms with Crippen LogP contribution in [0.5, 0.6) is 5.75 Å². The summed E-state index contributed by atoms with van der Waals surface area (Å²) >= 11 is 11.7. The number of halogens is 2. The van der Waals surface area contributed by atoms with E-state index >= 15 is 0 Å². The third-order valence-electron chi connectivity index (χ3n) is 4.14. The van der Waals surface area contributed by atoms with Gasteiger partial charge in [-0.05, 0) is 67.1 Å². The highest BCUT2D eigenvalue weighted by Crippen LogP contribution is 2.24. The molecule has 0 radical (unpaired) electrons. The molecule has 0 aliphatic heterocycles. The first-order valence-corrected chi connectivity index (χ1v) is 10.1. The maximum atomic E-state index is 12.1. The molecule has 0 unspecified atom stereocenters. The Hall–Kier alpha value is -3.68. The summed E-state index contributed by atoms with van der Waals surface area (Å²) in [5.41, 5.74) is 4.55. The van der Waals surface area contributed by atoms with E-state index in [1.54, 1.807) is 36.4 Å². The zero-order chi connectivity index (χ0) is 23.1. The maximum absolute atomic E-state index is 12.1. The molecule has 0 aliphatic rings. The lowest BCUT2D eigenvalue weighted by Gasteiger charge is -2.05. The molecule has 0 heterocycles. The monoisotopic (exact) mass is 469 g/mol. The number of hydrogen-bond acceptors (Lipinski definition) is 5. The highest BCUT2D eigenvalue weighted by Gasteiger charge is 2.13. The van der Waals surface area contributed by atoms with E-state index < -0.39 is 17.8 Å². The van der Waals surface area contributed by atoms with E-state index in [-0.39, 0.29) is 5.02 Å². The maximum Gasteiger partial charge on any atom is 0.343 e. The highest BCUT2D eigenvalue weighted by molar-refractivity contribution is 6.43. The van der Waals surface area contributed by atoms with Crippen LogP contribution < -0.4 is 15.5 Å². The average molecular weight is 470 g/mol. The third kappa shape index (κ3) is 6.41. The molecule has 2 amide bonds. The van der Waals surface area contributed by atoms with Crippen molar-refractivity contribution in [1.82, 2.24) is 5.43 Å². The molecule has 0 spiro atoms. The third-order valence-corrected chi connectivity index (χ3v) is 4.88. The van der Waals surface area contributed by atoms with Crippen LogP contribution in [0.1, 0.15) is 21.5 Å². The molecule has 0 aliphatic carbocycles. The Labute approximate surface area is 194 Å². The van der Waals surface area contributed by atoms with E-state index in [1.807, 2.05) is 19.1 Å². The topological polar surface area (TPSA) is 96.9 Å². The smallest absolute Gasteiger partial charge is 0.343 e. The van der Waals surface area contributed by atoms with Gasteiger partial charge in [-0.2, -0.15) is 5.10 Å². The molecule has 3 aromatic rings. The second-order valence-corrected chi connectivity index (χ2v) is 7.42. The molecule has 32 heavy (non-hydrogen) atoms. The number of hydrazone groups is 1. The van der Waals surface area contributed by atoms with Gasteiger partial charge in [0.25, 0.3) is 0 Å². The van der Waals surface area contributed by atoms with Gasteiger partial charge in [-0.3, -0.25) is 9.59 Å². The van der Waals surface area contributed by atoms with Crippen LogP contribution in [0.3, 0.4) is 0 Å². The van der Waals surface area contributed by atoms with Crippen LogP contribution in [0.2, 0.25) is 10.0 Å². The fourth-order valence-electron chi connectivity index (χ4n) is 2.46. The Morgan fingerprint density at radius 2 is 1.56 bits per heavy atom. The average Bonchev–Trinajstić information content (AvgIpc) is 2.77. The molecule has 3 aromatic carbocycles. The van der Waals surface area contributed by atoms with E-state index in [0.717, 1.165) is 5.56 Å². The fourth-order valence-corrected chi connectivity index (χ4v) is 2.75. The molecule has 162 valence electrons. The number of amides is 2. The van der Waals surface area contributed by atoms with Crippen LogP contribution in [0.15, 0.2) is 71.8 Å². The van der Waals surface area contributed by atoms with Crippen molar-refractivity contribution in [3.05, 3.63) is 93.5 Å². The molecule has 0 saturated heterocycles. The second kappa shape index (κ2) is 10.6. The lowest BCUT2D eigenvalue weighted by Crippen LogP contribution is -2.32. The van der Waals surface area contributed by atoms with Crippen LogP contribution in [0.25, 0.3) is 0 Å². The van der Waals surface area contributed by atoms with Crippen molar-refractivity contribution < 1.29 is 19.1 Å². The summed E-state index contributed by atoms with van der Waals surface area (Å²) in [6, 6.07) is 17.9. The minimum absolute atomic E-state index is 0.246. The molecule has 0 atom stereocenters. The van der Waals surface area contributed by atoms with E-state index in [2.05, 4.69) is 15.8 Å². The number of carbonyl (C=O) groups excluding carboxylic acids is 3. The number of anilines is 1. The molecular formula is C23H17Cl2N3O4. The molecule has 9 heteroatoms. The number of benzene rings is 3. The molecule has 7 nitrogen and oxygen atoms in total. The highest BCUT2D eigenvalue weighted by atomic mass is 35.5. The Morgan fingerprint density at radius 3 is 2.22 bits per heavy atom. The van der Waals surface area contributed by atoms with Crippen molar-refractivity contribution in [3.63, 3.8) is 0 Å². The fraction of sp³-hybridized carbons (Fsp3) is 0.0435. The SMILES string of the molecule is Cc1ccc(C(=O)Oc2ccc(C=NNC(=O)C(=O)Nc3ccc(Cl)c(Cl)c3)cc2)cc1.